The highest BCUT2D eigenvalue weighted by atomic mass is 16.5. The third-order valence-corrected chi connectivity index (χ3v) is 3.33. The standard InChI is InChI=1S/C14H9NO2/c16-12-6-5-10-8-17-15-7-9-3-1-2-4-11(9)13(12)14(10)15/h1-6,8H,7H2. The summed E-state index contributed by atoms with van der Waals surface area (Å²) in [5.74, 6) is 0. The molecule has 2 heterocycles. The van der Waals surface area contributed by atoms with Crippen molar-refractivity contribution in [3.05, 3.63) is 58.4 Å². The Balaban J connectivity index is 2.23. The van der Waals surface area contributed by atoms with Crippen LogP contribution in [-0.2, 0) is 6.54 Å². The van der Waals surface area contributed by atoms with Gasteiger partial charge in [-0.2, -0.15) is 0 Å². The van der Waals surface area contributed by atoms with E-state index in [-0.39, 0.29) is 5.43 Å². The fourth-order valence-electron chi connectivity index (χ4n) is 2.56. The summed E-state index contributed by atoms with van der Waals surface area (Å²) in [7, 11) is 0. The van der Waals surface area contributed by atoms with Crippen molar-refractivity contribution in [3.8, 4) is 22.4 Å². The summed E-state index contributed by atoms with van der Waals surface area (Å²) in [6.07, 6.45) is 1.70. The number of benzene rings is 2. The van der Waals surface area contributed by atoms with E-state index in [9.17, 15) is 4.79 Å². The van der Waals surface area contributed by atoms with Crippen LogP contribution in [-0.4, -0.2) is 4.74 Å². The van der Waals surface area contributed by atoms with Crippen molar-refractivity contribution in [1.29, 1.82) is 0 Å². The summed E-state index contributed by atoms with van der Waals surface area (Å²) in [5.41, 5.74) is 4.87. The summed E-state index contributed by atoms with van der Waals surface area (Å²) < 4.78 is 7.27. The van der Waals surface area contributed by atoms with Crippen LogP contribution in [0.15, 0.2) is 52.0 Å². The monoisotopic (exact) mass is 223 g/mol. The van der Waals surface area contributed by atoms with Crippen LogP contribution < -0.4 is 5.43 Å². The molecule has 0 unspecified atom stereocenters. The summed E-state index contributed by atoms with van der Waals surface area (Å²) in [6.45, 7) is 0.691. The molecule has 17 heavy (non-hydrogen) atoms. The van der Waals surface area contributed by atoms with Crippen LogP contribution in [0, 0.1) is 0 Å². The van der Waals surface area contributed by atoms with Gasteiger partial charge < -0.3 is 4.52 Å². The van der Waals surface area contributed by atoms with E-state index in [0.717, 1.165) is 27.9 Å². The first-order chi connectivity index (χ1) is 8.34. The fourth-order valence-corrected chi connectivity index (χ4v) is 2.56. The van der Waals surface area contributed by atoms with E-state index >= 15 is 0 Å². The lowest BCUT2D eigenvalue weighted by atomic mass is 9.92. The molecule has 0 saturated heterocycles. The minimum atomic E-state index is 0.0554. The van der Waals surface area contributed by atoms with Crippen LogP contribution in [0.2, 0.25) is 0 Å². The molecule has 0 atom stereocenters. The molecule has 4 rings (SSSR count). The molecule has 1 aromatic carbocycles. The molecular formula is C14H9NO2. The predicted octanol–water partition coefficient (Wildman–Crippen LogP) is 2.57. The number of hydrogen-bond acceptors (Lipinski definition) is 2. The molecule has 1 aliphatic carbocycles. The lowest BCUT2D eigenvalue weighted by Crippen LogP contribution is -2.15. The maximum Gasteiger partial charge on any atom is 0.188 e. The molecule has 82 valence electrons. The Morgan fingerprint density at radius 2 is 2.00 bits per heavy atom. The average molecular weight is 223 g/mol. The molecule has 0 N–H and O–H groups in total. The lowest BCUT2D eigenvalue weighted by Gasteiger charge is -2.18. The van der Waals surface area contributed by atoms with Gasteiger partial charge in [-0.15, -0.1) is 0 Å². The van der Waals surface area contributed by atoms with Crippen LogP contribution >= 0.6 is 0 Å². The third-order valence-electron chi connectivity index (χ3n) is 3.33. The van der Waals surface area contributed by atoms with Gasteiger partial charge in [0.15, 0.2) is 5.43 Å². The summed E-state index contributed by atoms with van der Waals surface area (Å²) in [5, 5.41) is 0. The van der Waals surface area contributed by atoms with Crippen molar-refractivity contribution in [2.75, 3.05) is 0 Å². The summed E-state index contributed by atoms with van der Waals surface area (Å²) in [4.78, 5) is 12.1. The maximum absolute atomic E-state index is 12.1. The molecule has 0 radical (unpaired) electrons. The minimum Gasteiger partial charge on any atom is -0.386 e. The number of nitrogens with zero attached hydrogens (tertiary/aromatic N) is 1. The SMILES string of the molecule is O=c1ccc2con3c-2c1-c1ccccc1C3. The lowest BCUT2D eigenvalue weighted by molar-refractivity contribution is 0.290. The van der Waals surface area contributed by atoms with Gasteiger partial charge in [0.2, 0.25) is 0 Å². The molecule has 3 nitrogen and oxygen atoms in total. The maximum atomic E-state index is 12.1. The van der Waals surface area contributed by atoms with Crippen molar-refractivity contribution in [1.82, 2.24) is 4.74 Å². The number of rotatable bonds is 0. The van der Waals surface area contributed by atoms with Crippen LogP contribution in [0.4, 0.5) is 0 Å². The third kappa shape index (κ3) is 1.03. The Hall–Kier alpha value is -2.29. The van der Waals surface area contributed by atoms with Crippen molar-refractivity contribution in [3.63, 3.8) is 0 Å². The fraction of sp³-hybridized carbons (Fsp3) is 0.0714. The molecule has 0 bridgehead atoms. The molecule has 0 amide bonds. The molecule has 2 aliphatic heterocycles. The van der Waals surface area contributed by atoms with Gasteiger partial charge >= 0.3 is 0 Å². The molecule has 0 spiro atoms. The van der Waals surface area contributed by atoms with Crippen molar-refractivity contribution >= 4 is 0 Å². The zero-order valence-corrected chi connectivity index (χ0v) is 9.01. The number of fused-ring (bicyclic) bond motifs is 2. The highest BCUT2D eigenvalue weighted by molar-refractivity contribution is 5.84. The minimum absolute atomic E-state index is 0.0554. The molecular weight excluding hydrogens is 214 g/mol. The summed E-state index contributed by atoms with van der Waals surface area (Å²) in [6, 6.07) is 11.4. The van der Waals surface area contributed by atoms with E-state index in [1.54, 1.807) is 17.1 Å². The van der Waals surface area contributed by atoms with E-state index in [1.807, 2.05) is 30.3 Å². The molecule has 1 aromatic rings. The van der Waals surface area contributed by atoms with Gasteiger partial charge in [0.25, 0.3) is 0 Å². The van der Waals surface area contributed by atoms with Crippen molar-refractivity contribution in [2.45, 2.75) is 6.54 Å². The first-order valence-corrected chi connectivity index (χ1v) is 5.54. The Morgan fingerprint density at radius 1 is 1.12 bits per heavy atom. The quantitative estimate of drug-likeness (QED) is 0.459. The number of hydrogen-bond donors (Lipinski definition) is 0. The largest absolute Gasteiger partial charge is 0.386 e. The van der Waals surface area contributed by atoms with Gasteiger partial charge in [-0.3, -0.25) is 4.79 Å². The van der Waals surface area contributed by atoms with Gasteiger partial charge in [-0.25, -0.2) is 4.74 Å². The second-order valence-electron chi connectivity index (χ2n) is 4.29. The van der Waals surface area contributed by atoms with Crippen LogP contribution in [0.1, 0.15) is 5.56 Å². The second-order valence-corrected chi connectivity index (χ2v) is 4.29. The van der Waals surface area contributed by atoms with Crippen LogP contribution in [0.25, 0.3) is 22.4 Å². The Kier molecular flexibility index (Phi) is 1.50. The number of aromatic nitrogens is 1. The van der Waals surface area contributed by atoms with Crippen molar-refractivity contribution in [2.24, 2.45) is 0 Å². The van der Waals surface area contributed by atoms with E-state index in [4.69, 9.17) is 4.52 Å². The normalized spacial score (nSPS) is 12.7. The smallest absolute Gasteiger partial charge is 0.188 e. The molecule has 0 saturated carbocycles. The Bertz CT molecular complexity index is 751. The highest BCUT2D eigenvalue weighted by Crippen LogP contribution is 2.37. The van der Waals surface area contributed by atoms with Gasteiger partial charge in [0.1, 0.15) is 6.26 Å². The van der Waals surface area contributed by atoms with E-state index in [0.29, 0.717) is 6.54 Å². The van der Waals surface area contributed by atoms with Crippen LogP contribution in [0.5, 0.6) is 0 Å². The van der Waals surface area contributed by atoms with E-state index < -0.39 is 0 Å². The zero-order chi connectivity index (χ0) is 11.4. The molecule has 3 heteroatoms. The average Bonchev–Trinajstić information content (AvgIpc) is 2.76. The zero-order valence-electron chi connectivity index (χ0n) is 9.01. The van der Waals surface area contributed by atoms with E-state index in [2.05, 4.69) is 0 Å². The van der Waals surface area contributed by atoms with Gasteiger partial charge in [0.05, 0.1) is 17.8 Å². The molecule has 0 fully saturated rings. The molecule has 3 aliphatic rings. The van der Waals surface area contributed by atoms with Gasteiger partial charge in [-0.1, -0.05) is 24.3 Å². The van der Waals surface area contributed by atoms with E-state index in [1.165, 1.54) is 0 Å². The van der Waals surface area contributed by atoms with Gasteiger partial charge in [0, 0.05) is 5.56 Å². The van der Waals surface area contributed by atoms with Gasteiger partial charge in [-0.05, 0) is 23.3 Å². The Labute approximate surface area is 97.2 Å². The predicted molar refractivity (Wildman–Crippen MR) is 64.1 cm³/mol. The highest BCUT2D eigenvalue weighted by Gasteiger charge is 2.25. The second kappa shape index (κ2) is 2.88. The molecule has 0 aromatic heterocycles. The summed E-state index contributed by atoms with van der Waals surface area (Å²) >= 11 is 0. The van der Waals surface area contributed by atoms with Crippen molar-refractivity contribution < 1.29 is 4.52 Å². The Morgan fingerprint density at radius 3 is 2.94 bits per heavy atom. The topological polar surface area (TPSA) is 35.1 Å². The first-order valence-electron chi connectivity index (χ1n) is 5.54. The van der Waals surface area contributed by atoms with Crippen LogP contribution in [0.3, 0.4) is 0 Å². The first kappa shape index (κ1) is 8.82.